The summed E-state index contributed by atoms with van der Waals surface area (Å²) in [7, 11) is 1.74. The maximum absolute atomic E-state index is 8.84. The van der Waals surface area contributed by atoms with Crippen LogP contribution in [0, 0.1) is 11.3 Å². The first-order valence-electron chi connectivity index (χ1n) is 4.41. The van der Waals surface area contributed by atoms with Crippen LogP contribution < -0.4 is 5.73 Å². The first kappa shape index (κ1) is 10.4. The summed E-state index contributed by atoms with van der Waals surface area (Å²) in [4.78, 5) is 0.775. The van der Waals surface area contributed by atoms with Crippen LogP contribution in [0.2, 0.25) is 0 Å². The summed E-state index contributed by atoms with van der Waals surface area (Å²) in [6.45, 7) is 0. The van der Waals surface area contributed by atoms with Crippen molar-refractivity contribution in [1.82, 2.24) is 20.2 Å². The zero-order valence-electron chi connectivity index (χ0n) is 8.45. The minimum atomic E-state index is 0.456. The first-order valence-corrected chi connectivity index (χ1v) is 5.23. The van der Waals surface area contributed by atoms with E-state index in [9.17, 15) is 0 Å². The summed E-state index contributed by atoms with van der Waals surface area (Å²) in [6.07, 6.45) is 0. The molecule has 16 heavy (non-hydrogen) atoms. The largest absolute Gasteiger partial charge is 0.397 e. The number of anilines is 1. The van der Waals surface area contributed by atoms with Gasteiger partial charge in [0.2, 0.25) is 5.16 Å². The van der Waals surface area contributed by atoms with Crippen LogP contribution in [0.1, 0.15) is 5.56 Å². The van der Waals surface area contributed by atoms with Crippen molar-refractivity contribution in [1.29, 1.82) is 5.26 Å². The molecule has 0 spiro atoms. The maximum Gasteiger partial charge on any atom is 0.213 e. The summed E-state index contributed by atoms with van der Waals surface area (Å²) in [6, 6.07) is 7.32. The van der Waals surface area contributed by atoms with Crippen molar-refractivity contribution in [2.24, 2.45) is 7.05 Å². The van der Waals surface area contributed by atoms with Crippen LogP contribution in [-0.4, -0.2) is 20.2 Å². The van der Waals surface area contributed by atoms with E-state index in [-0.39, 0.29) is 0 Å². The fourth-order valence-corrected chi connectivity index (χ4v) is 1.95. The summed E-state index contributed by atoms with van der Waals surface area (Å²) in [5.74, 6) is 0. The molecule has 0 radical (unpaired) electrons. The van der Waals surface area contributed by atoms with Gasteiger partial charge in [-0.2, -0.15) is 5.26 Å². The quantitative estimate of drug-likeness (QED) is 0.770. The van der Waals surface area contributed by atoms with E-state index in [1.54, 1.807) is 23.9 Å². The molecule has 0 saturated carbocycles. The summed E-state index contributed by atoms with van der Waals surface area (Å²) >= 11 is 1.33. The molecule has 1 aromatic carbocycles. The molecule has 0 aliphatic carbocycles. The lowest BCUT2D eigenvalue weighted by Crippen LogP contribution is -1.96. The standard InChI is InChI=1S/C9H8N6S/c1-15-9(12-13-14-15)16-7-4-2-3-6(5-10)8(7)11/h2-4H,11H2,1H3. The van der Waals surface area contributed by atoms with Crippen molar-refractivity contribution >= 4 is 17.4 Å². The van der Waals surface area contributed by atoms with Gasteiger partial charge in [-0.15, -0.1) is 5.10 Å². The molecule has 6 nitrogen and oxygen atoms in total. The number of nitrogens with zero attached hydrogens (tertiary/aromatic N) is 5. The highest BCUT2D eigenvalue weighted by molar-refractivity contribution is 7.99. The number of nitriles is 1. The molecule has 0 fully saturated rings. The molecule has 80 valence electrons. The van der Waals surface area contributed by atoms with E-state index in [0.29, 0.717) is 16.4 Å². The van der Waals surface area contributed by atoms with Gasteiger partial charge in [0.1, 0.15) is 6.07 Å². The third kappa shape index (κ3) is 1.83. The van der Waals surface area contributed by atoms with Crippen LogP contribution in [-0.2, 0) is 7.05 Å². The third-order valence-electron chi connectivity index (χ3n) is 1.97. The molecule has 2 N–H and O–H groups in total. The maximum atomic E-state index is 8.84. The fraction of sp³-hybridized carbons (Fsp3) is 0.111. The van der Waals surface area contributed by atoms with Crippen molar-refractivity contribution in [3.8, 4) is 6.07 Å². The van der Waals surface area contributed by atoms with Gasteiger partial charge in [-0.3, -0.25) is 0 Å². The Labute approximate surface area is 96.1 Å². The van der Waals surface area contributed by atoms with E-state index < -0.39 is 0 Å². The minimum Gasteiger partial charge on any atom is -0.397 e. The predicted molar refractivity (Wildman–Crippen MR) is 58.5 cm³/mol. The second kappa shape index (κ2) is 4.20. The molecule has 0 aliphatic heterocycles. The molecule has 0 atom stereocenters. The highest BCUT2D eigenvalue weighted by Crippen LogP contribution is 2.31. The molecule has 1 heterocycles. The smallest absolute Gasteiger partial charge is 0.213 e. The molecule has 1 aromatic heterocycles. The second-order valence-corrected chi connectivity index (χ2v) is 4.03. The lowest BCUT2D eigenvalue weighted by atomic mass is 10.2. The number of tetrazole rings is 1. The number of hydrogen-bond acceptors (Lipinski definition) is 6. The molecular formula is C9H8N6S. The Morgan fingerprint density at radius 2 is 2.31 bits per heavy atom. The van der Waals surface area contributed by atoms with Gasteiger partial charge in [-0.25, -0.2) is 4.68 Å². The minimum absolute atomic E-state index is 0.456. The van der Waals surface area contributed by atoms with Crippen molar-refractivity contribution in [3.63, 3.8) is 0 Å². The van der Waals surface area contributed by atoms with Gasteiger partial charge in [0.15, 0.2) is 0 Å². The number of benzene rings is 1. The number of rotatable bonds is 2. The number of aryl methyl sites for hydroxylation is 1. The van der Waals surface area contributed by atoms with E-state index in [2.05, 4.69) is 15.5 Å². The molecule has 2 aromatic rings. The van der Waals surface area contributed by atoms with E-state index in [1.165, 1.54) is 11.8 Å². The third-order valence-corrected chi connectivity index (χ3v) is 3.07. The lowest BCUT2D eigenvalue weighted by Gasteiger charge is -2.04. The number of para-hydroxylation sites is 1. The van der Waals surface area contributed by atoms with Gasteiger partial charge in [0, 0.05) is 11.9 Å². The van der Waals surface area contributed by atoms with E-state index in [4.69, 9.17) is 11.0 Å². The predicted octanol–water partition coefficient (Wildman–Crippen LogP) is 0.815. The number of nitrogens with two attached hydrogens (primary N) is 1. The van der Waals surface area contributed by atoms with Gasteiger partial charge in [0.25, 0.3) is 0 Å². The van der Waals surface area contributed by atoms with E-state index in [1.807, 2.05) is 12.1 Å². The van der Waals surface area contributed by atoms with Gasteiger partial charge >= 0.3 is 0 Å². The highest BCUT2D eigenvalue weighted by atomic mass is 32.2. The van der Waals surface area contributed by atoms with Gasteiger partial charge < -0.3 is 5.73 Å². The van der Waals surface area contributed by atoms with Crippen LogP contribution >= 0.6 is 11.8 Å². The highest BCUT2D eigenvalue weighted by Gasteiger charge is 2.09. The van der Waals surface area contributed by atoms with Gasteiger partial charge in [-0.05, 0) is 34.3 Å². The topological polar surface area (TPSA) is 93.4 Å². The van der Waals surface area contributed by atoms with Crippen molar-refractivity contribution in [2.45, 2.75) is 10.1 Å². The average molecular weight is 232 g/mol. The molecule has 0 saturated heterocycles. The Balaban J connectivity index is 2.36. The fourth-order valence-electron chi connectivity index (χ4n) is 1.14. The van der Waals surface area contributed by atoms with E-state index >= 15 is 0 Å². The summed E-state index contributed by atoms with van der Waals surface area (Å²) in [5, 5.41) is 20.5. The first-order chi connectivity index (χ1) is 7.72. The van der Waals surface area contributed by atoms with Crippen LogP contribution in [0.5, 0.6) is 0 Å². The zero-order chi connectivity index (χ0) is 11.5. The second-order valence-electron chi connectivity index (χ2n) is 3.02. The van der Waals surface area contributed by atoms with Gasteiger partial charge in [0.05, 0.1) is 11.3 Å². The Hall–Kier alpha value is -2.07. The number of hydrogen-bond donors (Lipinski definition) is 1. The Morgan fingerprint density at radius 3 is 2.94 bits per heavy atom. The molecule has 0 unspecified atom stereocenters. The number of nitrogen functional groups attached to an aromatic ring is 1. The van der Waals surface area contributed by atoms with Crippen LogP contribution in [0.25, 0.3) is 0 Å². The SMILES string of the molecule is Cn1nnnc1Sc1cccc(C#N)c1N. The van der Waals surface area contributed by atoms with E-state index in [0.717, 1.165) is 4.90 Å². The normalized spacial score (nSPS) is 10.0. The van der Waals surface area contributed by atoms with Crippen LogP contribution in [0.4, 0.5) is 5.69 Å². The molecule has 2 rings (SSSR count). The van der Waals surface area contributed by atoms with Crippen molar-refractivity contribution in [2.75, 3.05) is 5.73 Å². The molecule has 0 bridgehead atoms. The van der Waals surface area contributed by atoms with Gasteiger partial charge in [-0.1, -0.05) is 6.07 Å². The Kier molecular flexibility index (Phi) is 2.74. The zero-order valence-corrected chi connectivity index (χ0v) is 9.27. The summed E-state index contributed by atoms with van der Waals surface area (Å²) in [5.41, 5.74) is 6.75. The Bertz CT molecular complexity index is 555. The average Bonchev–Trinajstić information content (AvgIpc) is 2.68. The Morgan fingerprint density at radius 1 is 1.50 bits per heavy atom. The summed E-state index contributed by atoms with van der Waals surface area (Å²) < 4.78 is 1.54. The monoisotopic (exact) mass is 232 g/mol. The van der Waals surface area contributed by atoms with Crippen LogP contribution in [0.3, 0.4) is 0 Å². The molecule has 0 amide bonds. The van der Waals surface area contributed by atoms with Crippen molar-refractivity contribution in [3.05, 3.63) is 23.8 Å². The number of aromatic nitrogens is 4. The van der Waals surface area contributed by atoms with Crippen molar-refractivity contribution < 1.29 is 0 Å². The van der Waals surface area contributed by atoms with Crippen LogP contribution in [0.15, 0.2) is 28.3 Å². The molecule has 0 aliphatic rings. The molecular weight excluding hydrogens is 224 g/mol. The lowest BCUT2D eigenvalue weighted by molar-refractivity contribution is 0.664. The molecule has 7 heteroatoms.